The molecule has 0 bridgehead atoms. The van der Waals surface area contributed by atoms with Crippen LogP contribution in [0.3, 0.4) is 0 Å². The Labute approximate surface area is 133 Å². The third-order valence-corrected chi connectivity index (χ3v) is 3.59. The lowest BCUT2D eigenvalue weighted by molar-refractivity contribution is -0.116. The fourth-order valence-corrected chi connectivity index (χ4v) is 2.31. The molecule has 1 amide bonds. The van der Waals surface area contributed by atoms with E-state index >= 15 is 0 Å². The van der Waals surface area contributed by atoms with Gasteiger partial charge in [-0.3, -0.25) is 4.79 Å². The van der Waals surface area contributed by atoms with Crippen molar-refractivity contribution >= 4 is 23.3 Å². The maximum absolute atomic E-state index is 11.4. The molecule has 0 atom stereocenters. The third-order valence-electron chi connectivity index (χ3n) is 2.77. The Balaban J connectivity index is 1.84. The Bertz CT molecular complexity index is 635. The molecule has 0 saturated carbocycles. The van der Waals surface area contributed by atoms with Gasteiger partial charge in [-0.25, -0.2) is 4.98 Å². The highest BCUT2D eigenvalue weighted by Gasteiger charge is 2.00. The maximum atomic E-state index is 11.4. The van der Waals surface area contributed by atoms with Gasteiger partial charge in [-0.2, -0.15) is 0 Å². The summed E-state index contributed by atoms with van der Waals surface area (Å²) in [5.41, 5.74) is 1.82. The van der Waals surface area contributed by atoms with Crippen LogP contribution < -0.4 is 10.1 Å². The van der Waals surface area contributed by atoms with Crippen molar-refractivity contribution in [2.24, 2.45) is 0 Å². The first kappa shape index (κ1) is 16.2. The van der Waals surface area contributed by atoms with Gasteiger partial charge in [0.05, 0.1) is 17.3 Å². The summed E-state index contributed by atoms with van der Waals surface area (Å²) >= 11 is 1.60. The molecule has 0 saturated heterocycles. The van der Waals surface area contributed by atoms with Gasteiger partial charge >= 0.3 is 0 Å². The van der Waals surface area contributed by atoms with E-state index in [1.165, 1.54) is 6.08 Å². The number of rotatable bonds is 7. The molecule has 1 heterocycles. The summed E-state index contributed by atoms with van der Waals surface area (Å²) in [4.78, 5) is 15.7. The molecule has 1 aromatic heterocycles. The monoisotopic (exact) mass is 318 g/mol. The molecule has 2 rings (SSSR count). The molecule has 0 spiro atoms. The number of aromatic nitrogens is 1. The standard InChI is InChI=1S/C16H18N2O3S/c1-12-18-14(11-22-12)10-21-15-5-2-13(3-6-15)4-7-16(20)17-8-9-19/h2-7,11,19H,8-10H2,1H3,(H,17,20)/b7-4+. The Hall–Kier alpha value is -2.18. The highest BCUT2D eigenvalue weighted by atomic mass is 32.1. The van der Waals surface area contributed by atoms with Crippen LogP contribution in [0.25, 0.3) is 6.08 Å². The van der Waals surface area contributed by atoms with E-state index in [9.17, 15) is 4.79 Å². The molecular weight excluding hydrogens is 300 g/mol. The highest BCUT2D eigenvalue weighted by Crippen LogP contribution is 2.16. The number of thiazole rings is 1. The minimum atomic E-state index is -0.228. The van der Waals surface area contributed by atoms with Gasteiger partial charge in [0.25, 0.3) is 0 Å². The second kappa shape index (κ2) is 8.31. The van der Waals surface area contributed by atoms with Crippen LogP contribution in [0, 0.1) is 6.92 Å². The van der Waals surface area contributed by atoms with Crippen LogP contribution in [0.2, 0.25) is 0 Å². The number of hydrogen-bond acceptors (Lipinski definition) is 5. The van der Waals surface area contributed by atoms with Crippen molar-refractivity contribution in [2.75, 3.05) is 13.2 Å². The molecule has 5 nitrogen and oxygen atoms in total. The van der Waals surface area contributed by atoms with E-state index in [4.69, 9.17) is 9.84 Å². The van der Waals surface area contributed by atoms with Crippen molar-refractivity contribution in [3.63, 3.8) is 0 Å². The average Bonchev–Trinajstić information content (AvgIpc) is 2.95. The Morgan fingerprint density at radius 1 is 1.41 bits per heavy atom. The topological polar surface area (TPSA) is 71.5 Å². The fraction of sp³-hybridized carbons (Fsp3) is 0.250. The van der Waals surface area contributed by atoms with Crippen molar-refractivity contribution in [2.45, 2.75) is 13.5 Å². The molecule has 0 aliphatic rings. The number of amides is 1. The number of aliphatic hydroxyl groups excluding tert-OH is 1. The van der Waals surface area contributed by atoms with Crippen LogP contribution in [0.1, 0.15) is 16.3 Å². The van der Waals surface area contributed by atoms with Crippen molar-refractivity contribution in [3.05, 3.63) is 52.0 Å². The third kappa shape index (κ3) is 5.31. The van der Waals surface area contributed by atoms with Gasteiger partial charge in [-0.05, 0) is 30.7 Å². The van der Waals surface area contributed by atoms with E-state index in [-0.39, 0.29) is 19.1 Å². The number of aliphatic hydroxyl groups is 1. The maximum Gasteiger partial charge on any atom is 0.244 e. The van der Waals surface area contributed by atoms with Gasteiger partial charge in [-0.15, -0.1) is 11.3 Å². The summed E-state index contributed by atoms with van der Waals surface area (Å²) < 4.78 is 5.65. The van der Waals surface area contributed by atoms with Gasteiger partial charge < -0.3 is 15.2 Å². The number of carbonyl (C=O) groups excluding carboxylic acids is 1. The van der Waals surface area contributed by atoms with Gasteiger partial charge in [0.15, 0.2) is 0 Å². The Morgan fingerprint density at radius 2 is 2.18 bits per heavy atom. The van der Waals surface area contributed by atoms with E-state index in [1.807, 2.05) is 36.6 Å². The smallest absolute Gasteiger partial charge is 0.244 e. The number of carbonyl (C=O) groups is 1. The normalized spacial score (nSPS) is 10.8. The quantitative estimate of drug-likeness (QED) is 0.767. The number of hydrogen-bond donors (Lipinski definition) is 2. The second-order valence-electron chi connectivity index (χ2n) is 4.56. The lowest BCUT2D eigenvalue weighted by atomic mass is 10.2. The van der Waals surface area contributed by atoms with E-state index in [0.29, 0.717) is 6.61 Å². The molecular formula is C16H18N2O3S. The average molecular weight is 318 g/mol. The van der Waals surface area contributed by atoms with Crippen LogP contribution in [0.5, 0.6) is 5.75 Å². The lowest BCUT2D eigenvalue weighted by Gasteiger charge is -2.04. The zero-order valence-corrected chi connectivity index (χ0v) is 13.1. The first-order chi connectivity index (χ1) is 10.7. The van der Waals surface area contributed by atoms with Gasteiger partial charge in [-0.1, -0.05) is 12.1 Å². The van der Waals surface area contributed by atoms with E-state index in [1.54, 1.807) is 17.4 Å². The molecule has 2 aromatic rings. The van der Waals surface area contributed by atoms with Crippen LogP contribution in [0.15, 0.2) is 35.7 Å². The molecule has 0 fully saturated rings. The summed E-state index contributed by atoms with van der Waals surface area (Å²) in [6.07, 6.45) is 3.14. The van der Waals surface area contributed by atoms with Gasteiger partial charge in [0.2, 0.25) is 5.91 Å². The summed E-state index contributed by atoms with van der Waals surface area (Å²) in [6, 6.07) is 7.45. The summed E-state index contributed by atoms with van der Waals surface area (Å²) in [5.74, 6) is 0.529. The first-order valence-corrected chi connectivity index (χ1v) is 7.76. The fourth-order valence-electron chi connectivity index (χ4n) is 1.72. The minimum Gasteiger partial charge on any atom is -0.487 e. The zero-order chi connectivity index (χ0) is 15.8. The van der Waals surface area contributed by atoms with Crippen molar-refractivity contribution < 1.29 is 14.6 Å². The van der Waals surface area contributed by atoms with Crippen LogP contribution in [-0.4, -0.2) is 29.1 Å². The lowest BCUT2D eigenvalue weighted by Crippen LogP contribution is -2.24. The van der Waals surface area contributed by atoms with Gasteiger partial charge in [0.1, 0.15) is 12.4 Å². The van der Waals surface area contributed by atoms with E-state index in [0.717, 1.165) is 22.0 Å². The Kier molecular flexibility index (Phi) is 6.12. The predicted octanol–water partition coefficient (Wildman–Crippen LogP) is 2.15. The van der Waals surface area contributed by atoms with Crippen LogP contribution in [0.4, 0.5) is 0 Å². The second-order valence-corrected chi connectivity index (χ2v) is 5.63. The molecule has 0 radical (unpaired) electrons. The zero-order valence-electron chi connectivity index (χ0n) is 12.3. The van der Waals surface area contributed by atoms with Gasteiger partial charge in [0, 0.05) is 18.0 Å². The largest absolute Gasteiger partial charge is 0.487 e. The molecule has 2 N–H and O–H groups in total. The number of nitrogens with one attached hydrogen (secondary N) is 1. The van der Waals surface area contributed by atoms with Crippen LogP contribution >= 0.6 is 11.3 Å². The number of nitrogens with zero attached hydrogens (tertiary/aromatic N) is 1. The predicted molar refractivity (Wildman–Crippen MR) is 86.8 cm³/mol. The van der Waals surface area contributed by atoms with E-state index in [2.05, 4.69) is 10.3 Å². The molecule has 0 aliphatic heterocycles. The molecule has 116 valence electrons. The minimum absolute atomic E-state index is 0.0653. The highest BCUT2D eigenvalue weighted by molar-refractivity contribution is 7.09. The number of aryl methyl sites for hydroxylation is 1. The molecule has 0 unspecified atom stereocenters. The SMILES string of the molecule is Cc1nc(COc2ccc(/C=C/C(=O)NCCO)cc2)cs1. The van der Waals surface area contributed by atoms with Crippen molar-refractivity contribution in [3.8, 4) is 5.75 Å². The summed E-state index contributed by atoms with van der Waals surface area (Å²) in [7, 11) is 0. The molecule has 22 heavy (non-hydrogen) atoms. The van der Waals surface area contributed by atoms with E-state index < -0.39 is 0 Å². The van der Waals surface area contributed by atoms with Crippen LogP contribution in [-0.2, 0) is 11.4 Å². The van der Waals surface area contributed by atoms with Crippen molar-refractivity contribution in [1.29, 1.82) is 0 Å². The molecule has 6 heteroatoms. The number of benzene rings is 1. The summed E-state index contributed by atoms with van der Waals surface area (Å²) in [5, 5.41) is 14.2. The number of ether oxygens (including phenoxy) is 1. The molecule has 1 aromatic carbocycles. The first-order valence-electron chi connectivity index (χ1n) is 6.88. The van der Waals surface area contributed by atoms with Crippen molar-refractivity contribution in [1.82, 2.24) is 10.3 Å². The molecule has 0 aliphatic carbocycles. The Morgan fingerprint density at radius 3 is 2.82 bits per heavy atom. The summed E-state index contributed by atoms with van der Waals surface area (Å²) in [6.45, 7) is 2.60.